The lowest BCUT2D eigenvalue weighted by atomic mass is 9.98. The predicted molar refractivity (Wildman–Crippen MR) is 93.9 cm³/mol. The quantitative estimate of drug-likeness (QED) is 0.755. The molecule has 2 rings (SSSR count). The number of benzene rings is 2. The van der Waals surface area contributed by atoms with Crippen molar-refractivity contribution >= 4 is 11.6 Å². The van der Waals surface area contributed by atoms with Gasteiger partial charge in [-0.2, -0.15) is 0 Å². The van der Waals surface area contributed by atoms with Crippen LogP contribution in [0, 0.1) is 0 Å². The van der Waals surface area contributed by atoms with Gasteiger partial charge < -0.3 is 19.9 Å². The molecule has 5 heteroatoms. The van der Waals surface area contributed by atoms with E-state index in [4.69, 9.17) is 9.47 Å². The second kappa shape index (κ2) is 8.24. The second-order valence-corrected chi connectivity index (χ2v) is 5.60. The molecule has 0 aliphatic heterocycles. The number of phenolic OH excluding ortho intramolecular Hbond substituents is 1. The molecule has 2 aromatic rings. The number of carbonyl (C=O) groups is 1. The Morgan fingerprint density at radius 3 is 2.42 bits per heavy atom. The first-order chi connectivity index (χ1) is 11.5. The van der Waals surface area contributed by atoms with Crippen LogP contribution in [0.5, 0.6) is 17.2 Å². The highest BCUT2D eigenvalue weighted by Gasteiger charge is 2.10. The molecule has 0 saturated carbocycles. The molecule has 0 aliphatic carbocycles. The van der Waals surface area contributed by atoms with E-state index in [0.29, 0.717) is 17.4 Å². The van der Waals surface area contributed by atoms with Gasteiger partial charge in [0.15, 0.2) is 6.61 Å². The highest BCUT2D eigenvalue weighted by molar-refractivity contribution is 5.93. The molecule has 128 valence electrons. The van der Waals surface area contributed by atoms with Crippen LogP contribution in [0.3, 0.4) is 0 Å². The van der Waals surface area contributed by atoms with Crippen LogP contribution in [0.15, 0.2) is 42.5 Å². The highest BCUT2D eigenvalue weighted by atomic mass is 16.5. The molecule has 0 radical (unpaired) electrons. The third kappa shape index (κ3) is 4.65. The fourth-order valence-corrected chi connectivity index (χ4v) is 2.20. The average molecular weight is 329 g/mol. The van der Waals surface area contributed by atoms with Crippen molar-refractivity contribution in [2.24, 2.45) is 0 Å². The fourth-order valence-electron chi connectivity index (χ4n) is 2.20. The molecular weight excluding hydrogens is 306 g/mol. The minimum Gasteiger partial charge on any atom is -0.506 e. The van der Waals surface area contributed by atoms with Gasteiger partial charge in [0.25, 0.3) is 5.91 Å². The van der Waals surface area contributed by atoms with Gasteiger partial charge in [0.1, 0.15) is 17.2 Å². The Bertz CT molecular complexity index is 682. The van der Waals surface area contributed by atoms with Crippen LogP contribution in [0.2, 0.25) is 0 Å². The van der Waals surface area contributed by atoms with Gasteiger partial charge in [-0.05, 0) is 54.3 Å². The number of carbonyl (C=O) groups excluding carboxylic acids is 1. The van der Waals surface area contributed by atoms with Crippen LogP contribution in [0.25, 0.3) is 0 Å². The summed E-state index contributed by atoms with van der Waals surface area (Å²) in [6, 6.07) is 12.3. The molecule has 1 atom stereocenters. The maximum Gasteiger partial charge on any atom is 0.262 e. The SMILES string of the molecule is CC[C@@H](C)c1ccc(NC(=O)COc2ccc(OC)cc2)c(O)c1. The summed E-state index contributed by atoms with van der Waals surface area (Å²) in [5.41, 5.74) is 1.42. The van der Waals surface area contributed by atoms with E-state index in [9.17, 15) is 9.90 Å². The smallest absolute Gasteiger partial charge is 0.262 e. The highest BCUT2D eigenvalue weighted by Crippen LogP contribution is 2.29. The monoisotopic (exact) mass is 329 g/mol. The Morgan fingerprint density at radius 1 is 1.17 bits per heavy atom. The van der Waals surface area contributed by atoms with Crippen molar-refractivity contribution in [2.45, 2.75) is 26.2 Å². The normalized spacial score (nSPS) is 11.6. The van der Waals surface area contributed by atoms with E-state index in [0.717, 1.165) is 17.7 Å². The Hall–Kier alpha value is -2.69. The zero-order chi connectivity index (χ0) is 17.5. The molecule has 2 N–H and O–H groups in total. The summed E-state index contributed by atoms with van der Waals surface area (Å²) in [6.07, 6.45) is 0.987. The van der Waals surface area contributed by atoms with Gasteiger partial charge in [-0.25, -0.2) is 0 Å². The van der Waals surface area contributed by atoms with Crippen molar-refractivity contribution in [3.05, 3.63) is 48.0 Å². The number of aromatic hydroxyl groups is 1. The molecule has 0 fully saturated rings. The van der Waals surface area contributed by atoms with Crippen LogP contribution in [-0.2, 0) is 4.79 Å². The van der Waals surface area contributed by atoms with Gasteiger partial charge in [0, 0.05) is 0 Å². The number of ether oxygens (including phenoxy) is 2. The largest absolute Gasteiger partial charge is 0.506 e. The lowest BCUT2D eigenvalue weighted by Crippen LogP contribution is -2.20. The van der Waals surface area contributed by atoms with Crippen molar-refractivity contribution in [1.82, 2.24) is 0 Å². The number of hydrogen-bond acceptors (Lipinski definition) is 4. The molecule has 0 aliphatic rings. The maximum atomic E-state index is 12.0. The average Bonchev–Trinajstić information content (AvgIpc) is 2.61. The number of amides is 1. The molecule has 0 saturated heterocycles. The van der Waals surface area contributed by atoms with E-state index in [2.05, 4.69) is 19.2 Å². The number of hydrogen-bond donors (Lipinski definition) is 2. The Morgan fingerprint density at radius 2 is 1.83 bits per heavy atom. The van der Waals surface area contributed by atoms with E-state index in [1.54, 1.807) is 43.5 Å². The van der Waals surface area contributed by atoms with Gasteiger partial charge >= 0.3 is 0 Å². The Balaban J connectivity index is 1.91. The van der Waals surface area contributed by atoms with Gasteiger partial charge in [-0.3, -0.25) is 4.79 Å². The summed E-state index contributed by atoms with van der Waals surface area (Å²) in [7, 11) is 1.59. The van der Waals surface area contributed by atoms with Gasteiger partial charge in [-0.15, -0.1) is 0 Å². The molecule has 0 heterocycles. The fraction of sp³-hybridized carbons (Fsp3) is 0.316. The van der Waals surface area contributed by atoms with Crippen molar-refractivity contribution in [3.63, 3.8) is 0 Å². The first-order valence-corrected chi connectivity index (χ1v) is 7.93. The molecule has 0 spiro atoms. The number of methoxy groups -OCH3 is 1. The maximum absolute atomic E-state index is 12.0. The van der Waals surface area contributed by atoms with E-state index in [1.165, 1.54) is 0 Å². The number of anilines is 1. The predicted octanol–water partition coefficient (Wildman–Crippen LogP) is 3.93. The van der Waals surface area contributed by atoms with E-state index in [1.807, 2.05) is 6.07 Å². The molecule has 0 aromatic heterocycles. The third-order valence-corrected chi connectivity index (χ3v) is 3.91. The van der Waals surface area contributed by atoms with Crippen molar-refractivity contribution in [1.29, 1.82) is 0 Å². The first-order valence-electron chi connectivity index (χ1n) is 7.93. The standard InChI is InChI=1S/C19H23NO4/c1-4-13(2)14-5-10-17(18(21)11-14)20-19(22)12-24-16-8-6-15(23-3)7-9-16/h5-11,13,21H,4,12H2,1-3H3,(H,20,22)/t13-/m1/s1. The number of phenols is 1. The minimum absolute atomic E-state index is 0.0607. The van der Waals surface area contributed by atoms with Crippen molar-refractivity contribution < 1.29 is 19.4 Å². The van der Waals surface area contributed by atoms with Crippen molar-refractivity contribution in [2.75, 3.05) is 19.0 Å². The summed E-state index contributed by atoms with van der Waals surface area (Å²) in [6.45, 7) is 4.04. The molecule has 1 amide bonds. The Kier molecular flexibility index (Phi) is 6.07. The van der Waals surface area contributed by atoms with E-state index in [-0.39, 0.29) is 18.3 Å². The van der Waals surface area contributed by atoms with Crippen LogP contribution in [-0.4, -0.2) is 24.7 Å². The van der Waals surface area contributed by atoms with Crippen molar-refractivity contribution in [3.8, 4) is 17.2 Å². The lowest BCUT2D eigenvalue weighted by molar-refractivity contribution is -0.118. The topological polar surface area (TPSA) is 67.8 Å². The summed E-state index contributed by atoms with van der Waals surface area (Å²) < 4.78 is 10.5. The minimum atomic E-state index is -0.336. The zero-order valence-corrected chi connectivity index (χ0v) is 14.2. The van der Waals surface area contributed by atoms with Crippen LogP contribution < -0.4 is 14.8 Å². The van der Waals surface area contributed by atoms with Crippen LogP contribution in [0.1, 0.15) is 31.7 Å². The summed E-state index contributed by atoms with van der Waals surface area (Å²) in [5, 5.41) is 12.7. The third-order valence-electron chi connectivity index (χ3n) is 3.91. The van der Waals surface area contributed by atoms with Gasteiger partial charge in [0.2, 0.25) is 0 Å². The second-order valence-electron chi connectivity index (χ2n) is 5.60. The summed E-state index contributed by atoms with van der Waals surface area (Å²) in [4.78, 5) is 12.0. The Labute approximate surface area is 142 Å². The molecule has 2 aromatic carbocycles. The lowest BCUT2D eigenvalue weighted by Gasteiger charge is -2.13. The molecule has 24 heavy (non-hydrogen) atoms. The molecule has 5 nitrogen and oxygen atoms in total. The van der Waals surface area contributed by atoms with Crippen LogP contribution >= 0.6 is 0 Å². The zero-order valence-electron chi connectivity index (χ0n) is 14.2. The van der Waals surface area contributed by atoms with Crippen LogP contribution in [0.4, 0.5) is 5.69 Å². The molecule has 0 unspecified atom stereocenters. The molecular formula is C19H23NO4. The summed E-state index contributed by atoms with van der Waals surface area (Å²) in [5.74, 6) is 1.38. The first kappa shape index (κ1) is 17.7. The van der Waals surface area contributed by atoms with E-state index < -0.39 is 0 Å². The van der Waals surface area contributed by atoms with Gasteiger partial charge in [-0.1, -0.05) is 19.9 Å². The van der Waals surface area contributed by atoms with Gasteiger partial charge in [0.05, 0.1) is 12.8 Å². The summed E-state index contributed by atoms with van der Waals surface area (Å²) >= 11 is 0. The number of nitrogens with one attached hydrogen (secondary N) is 1. The molecule has 0 bridgehead atoms. The number of rotatable bonds is 7. The van der Waals surface area contributed by atoms with E-state index >= 15 is 0 Å².